The Hall–Kier alpha value is -2.65. The molecule has 3 aromatic rings. The maximum atomic E-state index is 13.3. The number of carbonyl (C=O) groups is 1. The third-order valence-corrected chi connectivity index (χ3v) is 5.64. The van der Waals surface area contributed by atoms with Crippen molar-refractivity contribution in [2.45, 2.75) is 25.7 Å². The number of benzene rings is 2. The number of pyridine rings is 1. The lowest BCUT2D eigenvalue weighted by Crippen LogP contribution is -2.35. The van der Waals surface area contributed by atoms with E-state index in [1.165, 1.54) is 0 Å². The number of halogens is 1. The van der Waals surface area contributed by atoms with Crippen molar-refractivity contribution in [2.75, 3.05) is 11.4 Å². The van der Waals surface area contributed by atoms with E-state index in [0.717, 1.165) is 59.6 Å². The van der Waals surface area contributed by atoms with Crippen molar-refractivity contribution in [1.82, 2.24) is 4.98 Å². The first-order valence-electron chi connectivity index (χ1n) is 9.77. The fourth-order valence-corrected chi connectivity index (χ4v) is 3.97. The van der Waals surface area contributed by atoms with Crippen LogP contribution in [0.25, 0.3) is 11.1 Å². The van der Waals surface area contributed by atoms with Gasteiger partial charge in [0.15, 0.2) is 0 Å². The number of rotatable bonds is 4. The van der Waals surface area contributed by atoms with Crippen LogP contribution in [0.2, 0.25) is 5.02 Å². The molecule has 1 aliphatic heterocycles. The zero-order valence-corrected chi connectivity index (χ0v) is 16.5. The largest absolute Gasteiger partial charge is 0.312 e. The van der Waals surface area contributed by atoms with Crippen molar-refractivity contribution in [1.29, 1.82) is 0 Å². The molecular weight excluding hydrogens is 368 g/mol. The fourth-order valence-electron chi connectivity index (χ4n) is 3.84. The summed E-state index contributed by atoms with van der Waals surface area (Å²) in [6.07, 6.45) is 7.41. The summed E-state index contributed by atoms with van der Waals surface area (Å²) in [5.74, 6) is 0.243. The summed E-state index contributed by atoms with van der Waals surface area (Å²) in [6.45, 7) is 0.782. The minimum absolute atomic E-state index is 0.0172. The van der Waals surface area contributed by atoms with E-state index in [9.17, 15) is 4.79 Å². The molecule has 0 N–H and O–H groups in total. The molecule has 2 heterocycles. The number of anilines is 1. The van der Waals surface area contributed by atoms with Crippen LogP contribution in [0, 0.1) is 5.92 Å². The van der Waals surface area contributed by atoms with Gasteiger partial charge in [-0.05, 0) is 72.4 Å². The highest BCUT2D eigenvalue weighted by Gasteiger charge is 2.28. The Morgan fingerprint density at radius 2 is 1.57 bits per heavy atom. The Balaban J connectivity index is 1.53. The van der Waals surface area contributed by atoms with Gasteiger partial charge in [0.1, 0.15) is 0 Å². The maximum absolute atomic E-state index is 13.3. The van der Waals surface area contributed by atoms with Crippen molar-refractivity contribution in [3.05, 3.63) is 83.6 Å². The second-order valence-corrected chi connectivity index (χ2v) is 7.73. The highest BCUT2D eigenvalue weighted by atomic mass is 35.5. The first kappa shape index (κ1) is 18.7. The molecule has 0 bridgehead atoms. The van der Waals surface area contributed by atoms with Gasteiger partial charge in [0.05, 0.1) is 0 Å². The standard InChI is InChI=1S/C24H23ClN2O/c25-22-8-4-18(5-9-22)17-21-3-1-2-16-27(24(21)28)23-10-6-19(7-11-23)20-12-14-26-15-13-20/h4-15,21H,1-3,16-17H2. The maximum Gasteiger partial charge on any atom is 0.230 e. The zero-order chi connectivity index (χ0) is 19.3. The van der Waals surface area contributed by atoms with Gasteiger partial charge < -0.3 is 4.90 Å². The van der Waals surface area contributed by atoms with Crippen molar-refractivity contribution < 1.29 is 4.79 Å². The molecular formula is C24H23ClN2O. The minimum atomic E-state index is 0.0172. The van der Waals surface area contributed by atoms with E-state index < -0.39 is 0 Å². The summed E-state index contributed by atoms with van der Waals surface area (Å²) in [7, 11) is 0. The predicted octanol–water partition coefficient (Wildman–Crippen LogP) is 5.78. The fraction of sp³-hybridized carbons (Fsp3) is 0.250. The number of carbonyl (C=O) groups excluding carboxylic acids is 1. The van der Waals surface area contributed by atoms with Crippen LogP contribution in [0.5, 0.6) is 0 Å². The molecule has 1 atom stereocenters. The summed E-state index contributed by atoms with van der Waals surface area (Å²) in [6, 6.07) is 20.1. The Morgan fingerprint density at radius 3 is 2.29 bits per heavy atom. The molecule has 1 saturated heterocycles. The van der Waals surface area contributed by atoms with Gasteiger partial charge in [0, 0.05) is 35.6 Å². The van der Waals surface area contributed by atoms with Gasteiger partial charge in [-0.2, -0.15) is 0 Å². The van der Waals surface area contributed by atoms with Crippen molar-refractivity contribution in [3.63, 3.8) is 0 Å². The highest BCUT2D eigenvalue weighted by Crippen LogP contribution is 2.28. The molecule has 1 fully saturated rings. The Kier molecular flexibility index (Phi) is 5.73. The third-order valence-electron chi connectivity index (χ3n) is 5.39. The van der Waals surface area contributed by atoms with Crippen LogP contribution in [0.4, 0.5) is 5.69 Å². The van der Waals surface area contributed by atoms with Crippen LogP contribution in [0.15, 0.2) is 73.1 Å². The van der Waals surface area contributed by atoms with Gasteiger partial charge in [-0.1, -0.05) is 42.3 Å². The molecule has 3 nitrogen and oxygen atoms in total. The molecule has 4 heteroatoms. The minimum Gasteiger partial charge on any atom is -0.312 e. The van der Waals surface area contributed by atoms with Gasteiger partial charge in [0.25, 0.3) is 0 Å². The van der Waals surface area contributed by atoms with E-state index in [2.05, 4.69) is 29.2 Å². The van der Waals surface area contributed by atoms with E-state index in [1.807, 2.05) is 41.3 Å². The summed E-state index contributed by atoms with van der Waals surface area (Å²) in [5.41, 5.74) is 4.40. The molecule has 1 unspecified atom stereocenters. The number of nitrogens with zero attached hydrogens (tertiary/aromatic N) is 2. The number of aromatic nitrogens is 1. The summed E-state index contributed by atoms with van der Waals surface area (Å²) in [5, 5.41) is 0.729. The average Bonchev–Trinajstić information content (AvgIpc) is 2.92. The molecule has 1 aromatic heterocycles. The first-order valence-corrected chi connectivity index (χ1v) is 10.1. The van der Waals surface area contributed by atoms with Crippen LogP contribution >= 0.6 is 11.6 Å². The van der Waals surface area contributed by atoms with E-state index in [-0.39, 0.29) is 11.8 Å². The Bertz CT molecular complexity index is 923. The summed E-state index contributed by atoms with van der Waals surface area (Å²) in [4.78, 5) is 19.3. The van der Waals surface area contributed by atoms with E-state index in [1.54, 1.807) is 12.4 Å². The smallest absolute Gasteiger partial charge is 0.230 e. The van der Waals surface area contributed by atoms with Crippen LogP contribution in [-0.4, -0.2) is 17.4 Å². The lowest BCUT2D eigenvalue weighted by Gasteiger charge is -2.25. The van der Waals surface area contributed by atoms with Gasteiger partial charge in [-0.15, -0.1) is 0 Å². The predicted molar refractivity (Wildman–Crippen MR) is 115 cm³/mol. The van der Waals surface area contributed by atoms with Crippen LogP contribution in [0.1, 0.15) is 24.8 Å². The topological polar surface area (TPSA) is 33.2 Å². The SMILES string of the molecule is O=C1C(Cc2ccc(Cl)cc2)CCCCN1c1ccc(-c2ccncc2)cc1. The van der Waals surface area contributed by atoms with Crippen LogP contribution in [-0.2, 0) is 11.2 Å². The van der Waals surface area contributed by atoms with Crippen molar-refractivity contribution in [2.24, 2.45) is 5.92 Å². The van der Waals surface area contributed by atoms with E-state index >= 15 is 0 Å². The van der Waals surface area contributed by atoms with Crippen molar-refractivity contribution >= 4 is 23.2 Å². The first-order chi connectivity index (χ1) is 13.7. The normalized spacial score (nSPS) is 17.4. The molecule has 2 aromatic carbocycles. The summed E-state index contributed by atoms with van der Waals surface area (Å²) >= 11 is 5.99. The second kappa shape index (κ2) is 8.57. The number of hydrogen-bond donors (Lipinski definition) is 0. The molecule has 1 aliphatic rings. The summed E-state index contributed by atoms with van der Waals surface area (Å²) < 4.78 is 0. The molecule has 28 heavy (non-hydrogen) atoms. The second-order valence-electron chi connectivity index (χ2n) is 7.30. The van der Waals surface area contributed by atoms with Gasteiger partial charge >= 0.3 is 0 Å². The zero-order valence-electron chi connectivity index (χ0n) is 15.7. The molecule has 142 valence electrons. The average molecular weight is 391 g/mol. The quantitative estimate of drug-likeness (QED) is 0.565. The van der Waals surface area contributed by atoms with Crippen LogP contribution < -0.4 is 4.90 Å². The highest BCUT2D eigenvalue weighted by molar-refractivity contribution is 6.30. The number of hydrogen-bond acceptors (Lipinski definition) is 2. The molecule has 4 rings (SSSR count). The molecule has 0 saturated carbocycles. The van der Waals surface area contributed by atoms with Gasteiger partial charge in [0.2, 0.25) is 5.91 Å². The molecule has 0 radical (unpaired) electrons. The van der Waals surface area contributed by atoms with E-state index in [0.29, 0.717) is 0 Å². The third kappa shape index (κ3) is 4.26. The van der Waals surface area contributed by atoms with Crippen LogP contribution in [0.3, 0.4) is 0 Å². The molecule has 1 amide bonds. The van der Waals surface area contributed by atoms with Crippen molar-refractivity contribution in [3.8, 4) is 11.1 Å². The lowest BCUT2D eigenvalue weighted by molar-refractivity contribution is -0.122. The molecule has 0 aliphatic carbocycles. The Labute approximate surface area is 171 Å². The lowest BCUT2D eigenvalue weighted by atomic mass is 9.94. The Morgan fingerprint density at radius 1 is 0.893 bits per heavy atom. The molecule has 0 spiro atoms. The number of amides is 1. The van der Waals surface area contributed by atoms with Gasteiger partial charge in [-0.25, -0.2) is 0 Å². The van der Waals surface area contributed by atoms with E-state index in [4.69, 9.17) is 11.6 Å². The van der Waals surface area contributed by atoms with Gasteiger partial charge in [-0.3, -0.25) is 9.78 Å². The monoisotopic (exact) mass is 390 g/mol.